The van der Waals surface area contributed by atoms with Crippen LogP contribution in [0, 0.1) is 5.41 Å². The first-order chi connectivity index (χ1) is 8.12. The topological polar surface area (TPSA) is 61.4 Å². The van der Waals surface area contributed by atoms with Crippen LogP contribution in [0.15, 0.2) is 0 Å². The number of piperidine rings is 1. The second-order valence-electron chi connectivity index (χ2n) is 5.20. The zero-order chi connectivity index (χ0) is 12.3. The maximum Gasteiger partial charge on any atom is 0.228 e. The number of nitrogens with one attached hydrogen (secondary N) is 2. The lowest BCUT2D eigenvalue weighted by Gasteiger charge is -2.36. The largest absolute Gasteiger partial charge is 0.354 e. The molecule has 0 unspecified atom stereocenters. The number of rotatable bonds is 1. The predicted octanol–water partition coefficient (Wildman–Crippen LogP) is -0.275. The Labute approximate surface area is 102 Å². The van der Waals surface area contributed by atoms with E-state index in [4.69, 9.17) is 0 Å². The molecule has 0 spiro atoms. The van der Waals surface area contributed by atoms with E-state index >= 15 is 0 Å². The number of nitrogens with zero attached hydrogens (tertiary/aromatic N) is 1. The van der Waals surface area contributed by atoms with Gasteiger partial charge in [0, 0.05) is 31.5 Å². The van der Waals surface area contributed by atoms with E-state index in [1.807, 2.05) is 4.90 Å². The molecule has 0 bridgehead atoms. The van der Waals surface area contributed by atoms with Crippen molar-refractivity contribution in [3.8, 4) is 0 Å². The van der Waals surface area contributed by atoms with Gasteiger partial charge in [-0.3, -0.25) is 9.59 Å². The number of hydrogen-bond acceptors (Lipinski definition) is 3. The van der Waals surface area contributed by atoms with E-state index in [1.54, 1.807) is 0 Å². The number of amides is 2. The fraction of sp³-hybridized carbons (Fsp3) is 0.833. The van der Waals surface area contributed by atoms with Gasteiger partial charge in [0.1, 0.15) is 0 Å². The van der Waals surface area contributed by atoms with Gasteiger partial charge in [-0.15, -0.1) is 0 Å². The first kappa shape index (κ1) is 12.4. The molecule has 2 heterocycles. The lowest BCUT2D eigenvalue weighted by Crippen LogP contribution is -2.48. The van der Waals surface area contributed by atoms with Gasteiger partial charge in [0.15, 0.2) is 0 Å². The second kappa shape index (κ2) is 5.04. The zero-order valence-electron chi connectivity index (χ0n) is 10.4. The summed E-state index contributed by atoms with van der Waals surface area (Å²) in [5.41, 5.74) is -0.237. The van der Waals surface area contributed by atoms with Crippen LogP contribution in [0.2, 0.25) is 0 Å². The molecule has 0 aliphatic carbocycles. The Kier molecular flexibility index (Phi) is 3.66. The summed E-state index contributed by atoms with van der Waals surface area (Å²) in [7, 11) is 0. The van der Waals surface area contributed by atoms with E-state index in [0.29, 0.717) is 26.1 Å². The average Bonchev–Trinajstić information content (AvgIpc) is 2.54. The zero-order valence-corrected chi connectivity index (χ0v) is 10.4. The quantitative estimate of drug-likeness (QED) is 0.662. The van der Waals surface area contributed by atoms with Gasteiger partial charge < -0.3 is 15.5 Å². The average molecular weight is 239 g/mol. The van der Waals surface area contributed by atoms with Crippen molar-refractivity contribution in [3.05, 3.63) is 0 Å². The molecule has 2 N–H and O–H groups in total. The van der Waals surface area contributed by atoms with Crippen LogP contribution in [0.4, 0.5) is 0 Å². The van der Waals surface area contributed by atoms with Crippen molar-refractivity contribution in [1.82, 2.24) is 15.5 Å². The van der Waals surface area contributed by atoms with Crippen molar-refractivity contribution in [3.63, 3.8) is 0 Å². The summed E-state index contributed by atoms with van der Waals surface area (Å²) in [6.07, 6.45) is 2.22. The Bertz CT molecular complexity index is 311. The van der Waals surface area contributed by atoms with Gasteiger partial charge in [-0.25, -0.2) is 0 Å². The lowest BCUT2D eigenvalue weighted by atomic mass is 9.79. The van der Waals surface area contributed by atoms with Crippen LogP contribution in [0.1, 0.15) is 26.2 Å². The SMILES string of the molecule is CC1(C(=O)N2CCNC(=O)CC2)CCNCC1. The number of carbonyl (C=O) groups is 2. The van der Waals surface area contributed by atoms with Crippen LogP contribution in [0.25, 0.3) is 0 Å². The van der Waals surface area contributed by atoms with E-state index in [1.165, 1.54) is 0 Å². The third-order valence-electron chi connectivity index (χ3n) is 3.82. The van der Waals surface area contributed by atoms with Gasteiger partial charge in [-0.2, -0.15) is 0 Å². The number of hydrogen-bond donors (Lipinski definition) is 2. The van der Waals surface area contributed by atoms with Crippen LogP contribution >= 0.6 is 0 Å². The minimum absolute atomic E-state index is 0.0516. The molecular weight excluding hydrogens is 218 g/mol. The van der Waals surface area contributed by atoms with Crippen LogP contribution < -0.4 is 10.6 Å². The second-order valence-corrected chi connectivity index (χ2v) is 5.20. The fourth-order valence-electron chi connectivity index (χ4n) is 2.54. The molecule has 2 rings (SSSR count). The third-order valence-corrected chi connectivity index (χ3v) is 3.82. The first-order valence-corrected chi connectivity index (χ1v) is 6.39. The Balaban J connectivity index is 2.00. The standard InChI is InChI=1S/C12H21N3O2/c1-12(3-5-13-6-4-12)11(17)15-8-2-10(16)14-7-9-15/h13H,2-9H2,1H3,(H,14,16). The van der Waals surface area contributed by atoms with Gasteiger partial charge in [0.2, 0.25) is 11.8 Å². The maximum absolute atomic E-state index is 12.5. The molecule has 0 radical (unpaired) electrons. The molecule has 5 heteroatoms. The molecule has 0 atom stereocenters. The third kappa shape index (κ3) is 2.77. The molecule has 2 fully saturated rings. The molecule has 0 aromatic carbocycles. The van der Waals surface area contributed by atoms with E-state index in [-0.39, 0.29) is 17.2 Å². The van der Waals surface area contributed by atoms with Crippen molar-refractivity contribution in [2.24, 2.45) is 5.41 Å². The Morgan fingerprint density at radius 1 is 1.24 bits per heavy atom. The van der Waals surface area contributed by atoms with Crippen molar-refractivity contribution >= 4 is 11.8 Å². The highest BCUT2D eigenvalue weighted by molar-refractivity contribution is 5.84. The van der Waals surface area contributed by atoms with E-state index < -0.39 is 0 Å². The highest BCUT2D eigenvalue weighted by Gasteiger charge is 2.37. The van der Waals surface area contributed by atoms with Crippen LogP contribution in [-0.2, 0) is 9.59 Å². The molecule has 2 amide bonds. The van der Waals surface area contributed by atoms with Crippen LogP contribution in [0.3, 0.4) is 0 Å². The van der Waals surface area contributed by atoms with Crippen molar-refractivity contribution in [2.75, 3.05) is 32.7 Å². The Morgan fingerprint density at radius 3 is 2.65 bits per heavy atom. The van der Waals surface area contributed by atoms with E-state index in [2.05, 4.69) is 17.6 Å². The smallest absolute Gasteiger partial charge is 0.228 e. The monoisotopic (exact) mass is 239 g/mol. The summed E-state index contributed by atoms with van der Waals surface area (Å²) < 4.78 is 0. The summed E-state index contributed by atoms with van der Waals surface area (Å²) in [6, 6.07) is 0. The summed E-state index contributed by atoms with van der Waals surface area (Å²) in [5.74, 6) is 0.270. The maximum atomic E-state index is 12.5. The molecule has 17 heavy (non-hydrogen) atoms. The highest BCUT2D eigenvalue weighted by Crippen LogP contribution is 2.30. The molecule has 2 saturated heterocycles. The summed E-state index contributed by atoms with van der Waals surface area (Å²) >= 11 is 0. The Hall–Kier alpha value is -1.10. The van der Waals surface area contributed by atoms with Crippen LogP contribution in [0.5, 0.6) is 0 Å². The predicted molar refractivity (Wildman–Crippen MR) is 64.4 cm³/mol. The minimum atomic E-state index is -0.237. The Morgan fingerprint density at radius 2 is 1.94 bits per heavy atom. The van der Waals surface area contributed by atoms with Crippen molar-refractivity contribution in [2.45, 2.75) is 26.2 Å². The van der Waals surface area contributed by atoms with E-state index in [9.17, 15) is 9.59 Å². The van der Waals surface area contributed by atoms with Gasteiger partial charge in [0.05, 0.1) is 0 Å². The van der Waals surface area contributed by atoms with Gasteiger partial charge in [0.25, 0.3) is 0 Å². The molecule has 0 saturated carbocycles. The first-order valence-electron chi connectivity index (χ1n) is 6.39. The molecule has 2 aliphatic heterocycles. The van der Waals surface area contributed by atoms with Crippen molar-refractivity contribution < 1.29 is 9.59 Å². The number of carbonyl (C=O) groups excluding carboxylic acids is 2. The summed E-state index contributed by atoms with van der Waals surface area (Å²) in [4.78, 5) is 25.6. The molecule has 5 nitrogen and oxygen atoms in total. The summed E-state index contributed by atoms with van der Waals surface area (Å²) in [5, 5.41) is 6.08. The molecule has 0 aromatic heterocycles. The summed E-state index contributed by atoms with van der Waals surface area (Å²) in [6.45, 7) is 5.66. The normalized spacial score (nSPS) is 25.0. The minimum Gasteiger partial charge on any atom is -0.354 e. The van der Waals surface area contributed by atoms with Gasteiger partial charge >= 0.3 is 0 Å². The molecular formula is C12H21N3O2. The molecule has 0 aromatic rings. The lowest BCUT2D eigenvalue weighted by molar-refractivity contribution is -0.142. The van der Waals surface area contributed by atoms with E-state index in [0.717, 1.165) is 25.9 Å². The van der Waals surface area contributed by atoms with Gasteiger partial charge in [-0.05, 0) is 25.9 Å². The van der Waals surface area contributed by atoms with Crippen LogP contribution in [-0.4, -0.2) is 49.4 Å². The molecule has 2 aliphatic rings. The van der Waals surface area contributed by atoms with Gasteiger partial charge in [-0.1, -0.05) is 6.92 Å². The highest BCUT2D eigenvalue weighted by atomic mass is 16.2. The fourth-order valence-corrected chi connectivity index (χ4v) is 2.54. The molecule has 96 valence electrons. The van der Waals surface area contributed by atoms with Crippen molar-refractivity contribution in [1.29, 1.82) is 0 Å².